The second-order valence-electron chi connectivity index (χ2n) is 4.26. The zero-order chi connectivity index (χ0) is 14.0. The van der Waals surface area contributed by atoms with Crippen LogP contribution in [0.2, 0.25) is 5.02 Å². The third-order valence-electron chi connectivity index (χ3n) is 2.35. The van der Waals surface area contributed by atoms with Crippen molar-refractivity contribution in [3.63, 3.8) is 0 Å². The second kappa shape index (κ2) is 5.54. The van der Waals surface area contributed by atoms with Crippen molar-refractivity contribution < 1.29 is 4.92 Å². The van der Waals surface area contributed by atoms with Gasteiger partial charge < -0.3 is 5.32 Å². The molecule has 0 atom stereocenters. The molecule has 2 aromatic rings. The van der Waals surface area contributed by atoms with Gasteiger partial charge in [-0.15, -0.1) is 11.3 Å². The number of nitrogens with one attached hydrogen (secondary N) is 1. The molecule has 1 N–H and O–H groups in total. The van der Waals surface area contributed by atoms with Gasteiger partial charge in [0.25, 0.3) is 5.69 Å². The summed E-state index contributed by atoms with van der Waals surface area (Å²) in [5.74, 6) is 0. The fraction of sp³-hybridized carbons (Fsp3) is 0.250. The van der Waals surface area contributed by atoms with Gasteiger partial charge in [0, 0.05) is 23.1 Å². The van der Waals surface area contributed by atoms with E-state index in [1.807, 2.05) is 19.2 Å². The Morgan fingerprint density at radius 1 is 1.47 bits per heavy atom. The zero-order valence-electron chi connectivity index (χ0n) is 10.4. The monoisotopic (exact) mass is 297 g/mol. The standard InChI is InChI=1S/C12H12ClN3O2S/c1-7(2)14-12-15-10(6-19-12)8-3-4-9(13)11(5-8)16(17)18/h3-7H,1-2H3,(H,14,15). The summed E-state index contributed by atoms with van der Waals surface area (Å²) in [6.45, 7) is 4.04. The Bertz CT molecular complexity index is 613. The molecular formula is C12H12ClN3O2S. The largest absolute Gasteiger partial charge is 0.359 e. The summed E-state index contributed by atoms with van der Waals surface area (Å²) in [5.41, 5.74) is 1.28. The van der Waals surface area contributed by atoms with Crippen LogP contribution >= 0.6 is 22.9 Å². The van der Waals surface area contributed by atoms with Crippen molar-refractivity contribution in [2.75, 3.05) is 5.32 Å². The van der Waals surface area contributed by atoms with Gasteiger partial charge in [-0.1, -0.05) is 17.7 Å². The third-order valence-corrected chi connectivity index (χ3v) is 3.45. The van der Waals surface area contributed by atoms with Crippen molar-refractivity contribution in [2.45, 2.75) is 19.9 Å². The number of rotatable bonds is 4. The highest BCUT2D eigenvalue weighted by Gasteiger charge is 2.15. The molecule has 0 unspecified atom stereocenters. The maximum absolute atomic E-state index is 10.8. The minimum absolute atomic E-state index is 0.106. The number of hydrogen-bond donors (Lipinski definition) is 1. The smallest absolute Gasteiger partial charge is 0.288 e. The number of anilines is 1. The van der Waals surface area contributed by atoms with Crippen LogP contribution in [-0.4, -0.2) is 15.9 Å². The molecule has 100 valence electrons. The zero-order valence-corrected chi connectivity index (χ0v) is 12.0. The first kappa shape index (κ1) is 13.8. The molecule has 19 heavy (non-hydrogen) atoms. The first-order valence-electron chi connectivity index (χ1n) is 5.63. The van der Waals surface area contributed by atoms with Crippen molar-refractivity contribution in [1.82, 2.24) is 4.98 Å². The fourth-order valence-electron chi connectivity index (χ4n) is 1.53. The lowest BCUT2D eigenvalue weighted by Gasteiger charge is -2.04. The van der Waals surface area contributed by atoms with Crippen molar-refractivity contribution in [2.24, 2.45) is 0 Å². The number of halogens is 1. The summed E-state index contributed by atoms with van der Waals surface area (Å²) in [4.78, 5) is 14.7. The molecule has 0 saturated carbocycles. The Morgan fingerprint density at radius 3 is 2.84 bits per heavy atom. The van der Waals surface area contributed by atoms with Crippen LogP contribution in [0, 0.1) is 10.1 Å². The van der Waals surface area contributed by atoms with E-state index >= 15 is 0 Å². The highest BCUT2D eigenvalue weighted by atomic mass is 35.5. The Balaban J connectivity index is 2.34. The number of aromatic nitrogens is 1. The van der Waals surface area contributed by atoms with Crippen molar-refractivity contribution in [3.8, 4) is 11.3 Å². The Morgan fingerprint density at radius 2 is 2.21 bits per heavy atom. The summed E-state index contributed by atoms with van der Waals surface area (Å²) in [6.07, 6.45) is 0. The molecule has 0 spiro atoms. The van der Waals surface area contributed by atoms with E-state index in [1.54, 1.807) is 6.07 Å². The predicted molar refractivity (Wildman–Crippen MR) is 78.0 cm³/mol. The van der Waals surface area contributed by atoms with Crippen molar-refractivity contribution in [3.05, 3.63) is 38.7 Å². The Labute approximate surface area is 119 Å². The number of nitro groups is 1. The first-order chi connectivity index (χ1) is 8.97. The summed E-state index contributed by atoms with van der Waals surface area (Å²) in [5, 5.41) is 16.8. The molecule has 2 rings (SSSR count). The molecule has 0 saturated heterocycles. The molecule has 5 nitrogen and oxygen atoms in total. The van der Waals surface area contributed by atoms with Gasteiger partial charge in [-0.3, -0.25) is 10.1 Å². The molecule has 0 amide bonds. The predicted octanol–water partition coefficient (Wildman–Crippen LogP) is 4.19. The quantitative estimate of drug-likeness (QED) is 0.678. The van der Waals surface area contributed by atoms with Crippen molar-refractivity contribution >= 4 is 33.8 Å². The van der Waals surface area contributed by atoms with E-state index in [2.05, 4.69) is 10.3 Å². The summed E-state index contributed by atoms with van der Waals surface area (Å²) < 4.78 is 0. The van der Waals surface area contributed by atoms with Gasteiger partial charge in [0.1, 0.15) is 5.02 Å². The van der Waals surface area contributed by atoms with Gasteiger partial charge in [-0.05, 0) is 19.9 Å². The van der Waals surface area contributed by atoms with E-state index in [-0.39, 0.29) is 10.7 Å². The van der Waals surface area contributed by atoms with Crippen LogP contribution in [0.3, 0.4) is 0 Å². The molecule has 1 aromatic carbocycles. The average Bonchev–Trinajstić information content (AvgIpc) is 2.76. The highest BCUT2D eigenvalue weighted by molar-refractivity contribution is 7.14. The lowest BCUT2D eigenvalue weighted by molar-refractivity contribution is -0.384. The molecular weight excluding hydrogens is 286 g/mol. The van der Waals surface area contributed by atoms with Gasteiger partial charge in [-0.2, -0.15) is 0 Å². The van der Waals surface area contributed by atoms with E-state index in [1.165, 1.54) is 23.5 Å². The number of nitrogens with zero attached hydrogens (tertiary/aromatic N) is 2. The van der Waals surface area contributed by atoms with Crippen LogP contribution in [0.25, 0.3) is 11.3 Å². The number of thiazole rings is 1. The van der Waals surface area contributed by atoms with Crippen LogP contribution in [0.4, 0.5) is 10.8 Å². The molecule has 0 fully saturated rings. The third kappa shape index (κ3) is 3.21. The highest BCUT2D eigenvalue weighted by Crippen LogP contribution is 2.31. The van der Waals surface area contributed by atoms with Crippen molar-refractivity contribution in [1.29, 1.82) is 0 Å². The van der Waals surface area contributed by atoms with Gasteiger partial charge in [-0.25, -0.2) is 4.98 Å². The van der Waals surface area contributed by atoms with E-state index in [9.17, 15) is 10.1 Å². The maximum atomic E-state index is 10.8. The van der Waals surface area contributed by atoms with Gasteiger partial charge in [0.15, 0.2) is 5.13 Å². The van der Waals surface area contributed by atoms with Gasteiger partial charge in [0.2, 0.25) is 0 Å². The summed E-state index contributed by atoms with van der Waals surface area (Å²) in [7, 11) is 0. The number of nitro benzene ring substituents is 1. The van der Waals surface area contributed by atoms with Gasteiger partial charge >= 0.3 is 0 Å². The summed E-state index contributed by atoms with van der Waals surface area (Å²) in [6, 6.07) is 4.97. The second-order valence-corrected chi connectivity index (χ2v) is 5.53. The SMILES string of the molecule is CC(C)Nc1nc(-c2ccc(Cl)c([N+](=O)[O-])c2)cs1. The molecule has 1 aromatic heterocycles. The molecule has 0 aliphatic carbocycles. The lowest BCUT2D eigenvalue weighted by Crippen LogP contribution is -2.08. The fourth-order valence-corrected chi connectivity index (χ4v) is 2.58. The molecule has 7 heteroatoms. The lowest BCUT2D eigenvalue weighted by atomic mass is 10.1. The molecule has 0 aliphatic rings. The Hall–Kier alpha value is -1.66. The van der Waals surface area contributed by atoms with E-state index in [0.717, 1.165) is 5.13 Å². The topological polar surface area (TPSA) is 68.1 Å². The minimum atomic E-state index is -0.495. The van der Waals surface area contributed by atoms with Crippen LogP contribution in [-0.2, 0) is 0 Å². The molecule has 0 radical (unpaired) electrons. The van der Waals surface area contributed by atoms with E-state index in [4.69, 9.17) is 11.6 Å². The summed E-state index contributed by atoms with van der Waals surface area (Å²) >= 11 is 7.25. The average molecular weight is 298 g/mol. The van der Waals surface area contributed by atoms with Crippen LogP contribution in [0.15, 0.2) is 23.6 Å². The van der Waals surface area contributed by atoms with Crippen LogP contribution in [0.1, 0.15) is 13.8 Å². The van der Waals surface area contributed by atoms with Gasteiger partial charge in [0.05, 0.1) is 10.6 Å². The van der Waals surface area contributed by atoms with E-state index in [0.29, 0.717) is 17.3 Å². The Kier molecular flexibility index (Phi) is 4.01. The maximum Gasteiger partial charge on any atom is 0.288 e. The van der Waals surface area contributed by atoms with Crippen LogP contribution < -0.4 is 5.32 Å². The van der Waals surface area contributed by atoms with E-state index < -0.39 is 4.92 Å². The van der Waals surface area contributed by atoms with Crippen LogP contribution in [0.5, 0.6) is 0 Å². The molecule has 0 aliphatic heterocycles. The normalized spacial score (nSPS) is 10.7. The molecule has 1 heterocycles. The number of hydrogen-bond acceptors (Lipinski definition) is 5. The minimum Gasteiger partial charge on any atom is -0.359 e. The number of benzene rings is 1. The first-order valence-corrected chi connectivity index (χ1v) is 6.89. The molecule has 0 bridgehead atoms.